The van der Waals surface area contributed by atoms with Gasteiger partial charge in [-0.05, 0) is 0 Å². The SMILES string of the molecule is COCC(=O)C(C(F)(F)F)C(F)(F)F. The fraction of sp³-hybridized carbons (Fsp3) is 0.833. The van der Waals surface area contributed by atoms with Crippen LogP contribution in [0.5, 0.6) is 0 Å². The number of halogens is 6. The molecular weight excluding hydrogens is 218 g/mol. The summed E-state index contributed by atoms with van der Waals surface area (Å²) in [5.41, 5.74) is 0. The van der Waals surface area contributed by atoms with E-state index >= 15 is 0 Å². The van der Waals surface area contributed by atoms with Gasteiger partial charge in [0.2, 0.25) is 5.92 Å². The molecule has 0 spiro atoms. The van der Waals surface area contributed by atoms with E-state index in [2.05, 4.69) is 4.74 Å². The minimum absolute atomic E-state index is 0.835. The number of ketones is 1. The Bertz CT molecular complexity index is 191. The van der Waals surface area contributed by atoms with Crippen LogP contribution in [0, 0.1) is 5.92 Å². The van der Waals surface area contributed by atoms with Crippen molar-refractivity contribution in [1.82, 2.24) is 0 Å². The predicted octanol–water partition coefficient (Wildman–Crippen LogP) is 1.94. The van der Waals surface area contributed by atoms with Gasteiger partial charge in [-0.1, -0.05) is 0 Å². The third-order valence-electron chi connectivity index (χ3n) is 1.26. The van der Waals surface area contributed by atoms with Crippen molar-refractivity contribution in [2.45, 2.75) is 12.4 Å². The zero-order chi connectivity index (χ0) is 11.6. The maximum Gasteiger partial charge on any atom is 0.407 e. The maximum absolute atomic E-state index is 11.8. The number of ether oxygens (including phenoxy) is 1. The Hall–Kier alpha value is -0.790. The fourth-order valence-electron chi connectivity index (χ4n) is 0.776. The van der Waals surface area contributed by atoms with Crippen LogP contribution in [-0.2, 0) is 9.53 Å². The van der Waals surface area contributed by atoms with E-state index in [0.717, 1.165) is 7.11 Å². The minimum Gasteiger partial charge on any atom is -0.377 e. The largest absolute Gasteiger partial charge is 0.407 e. The minimum atomic E-state index is -5.63. The van der Waals surface area contributed by atoms with Gasteiger partial charge in [-0.15, -0.1) is 0 Å². The van der Waals surface area contributed by atoms with Crippen molar-refractivity contribution >= 4 is 5.78 Å². The smallest absolute Gasteiger partial charge is 0.377 e. The molecule has 0 radical (unpaired) electrons. The number of rotatable bonds is 3. The summed E-state index contributed by atoms with van der Waals surface area (Å²) >= 11 is 0. The van der Waals surface area contributed by atoms with E-state index in [0.29, 0.717) is 0 Å². The second kappa shape index (κ2) is 4.16. The average Bonchev–Trinajstić information content (AvgIpc) is 1.78. The van der Waals surface area contributed by atoms with Gasteiger partial charge in [0.05, 0.1) is 0 Å². The molecule has 0 saturated heterocycles. The molecule has 0 fully saturated rings. The zero-order valence-electron chi connectivity index (χ0n) is 6.87. The van der Waals surface area contributed by atoms with Crippen molar-refractivity contribution < 1.29 is 35.9 Å². The molecule has 0 aromatic carbocycles. The molecule has 0 heterocycles. The molecule has 0 bridgehead atoms. The lowest BCUT2D eigenvalue weighted by Crippen LogP contribution is -2.43. The van der Waals surface area contributed by atoms with Gasteiger partial charge < -0.3 is 4.74 Å². The predicted molar refractivity (Wildman–Crippen MR) is 32.5 cm³/mol. The van der Waals surface area contributed by atoms with Gasteiger partial charge >= 0.3 is 12.4 Å². The first kappa shape index (κ1) is 13.2. The van der Waals surface area contributed by atoms with E-state index in [1.807, 2.05) is 0 Å². The van der Waals surface area contributed by atoms with Gasteiger partial charge in [-0.3, -0.25) is 4.79 Å². The third-order valence-corrected chi connectivity index (χ3v) is 1.26. The van der Waals surface area contributed by atoms with Crippen LogP contribution in [0.25, 0.3) is 0 Å². The molecule has 8 heteroatoms. The van der Waals surface area contributed by atoms with Crippen LogP contribution in [0.4, 0.5) is 26.3 Å². The van der Waals surface area contributed by atoms with Gasteiger partial charge in [0.25, 0.3) is 0 Å². The lowest BCUT2D eigenvalue weighted by atomic mass is 10.0. The molecule has 0 rings (SSSR count). The Balaban J connectivity index is 4.84. The molecule has 0 atom stereocenters. The highest BCUT2D eigenvalue weighted by molar-refractivity contribution is 5.83. The molecule has 0 aliphatic rings. The van der Waals surface area contributed by atoms with Crippen LogP contribution in [-0.4, -0.2) is 31.9 Å². The lowest BCUT2D eigenvalue weighted by molar-refractivity contribution is -0.274. The van der Waals surface area contributed by atoms with Crippen LogP contribution >= 0.6 is 0 Å². The summed E-state index contributed by atoms with van der Waals surface area (Å²) < 4.78 is 74.7. The van der Waals surface area contributed by atoms with E-state index in [1.54, 1.807) is 0 Å². The topological polar surface area (TPSA) is 26.3 Å². The van der Waals surface area contributed by atoms with Gasteiger partial charge in [-0.2, -0.15) is 26.3 Å². The maximum atomic E-state index is 11.8. The summed E-state index contributed by atoms with van der Waals surface area (Å²) in [6.07, 6.45) is -11.3. The molecule has 0 N–H and O–H groups in total. The van der Waals surface area contributed by atoms with Crippen LogP contribution in [0.15, 0.2) is 0 Å². The summed E-state index contributed by atoms with van der Waals surface area (Å²) in [7, 11) is 0.835. The molecule has 84 valence electrons. The number of hydrogen-bond acceptors (Lipinski definition) is 2. The van der Waals surface area contributed by atoms with Crippen molar-refractivity contribution in [2.24, 2.45) is 5.92 Å². The van der Waals surface area contributed by atoms with Gasteiger partial charge in [0.15, 0.2) is 5.78 Å². The number of carbonyl (C=O) groups excluding carboxylic acids is 1. The van der Waals surface area contributed by atoms with Gasteiger partial charge in [-0.25, -0.2) is 0 Å². The lowest BCUT2D eigenvalue weighted by Gasteiger charge is -2.21. The molecule has 0 aliphatic carbocycles. The molecule has 0 aliphatic heterocycles. The fourth-order valence-corrected chi connectivity index (χ4v) is 0.776. The number of methoxy groups -OCH3 is 1. The Morgan fingerprint density at radius 1 is 1.14 bits per heavy atom. The summed E-state index contributed by atoms with van der Waals surface area (Å²) in [6, 6.07) is 0. The highest BCUT2D eigenvalue weighted by atomic mass is 19.4. The second-order valence-electron chi connectivity index (χ2n) is 2.42. The molecule has 2 nitrogen and oxygen atoms in total. The van der Waals surface area contributed by atoms with E-state index in [-0.39, 0.29) is 0 Å². The molecule has 0 aromatic rings. The van der Waals surface area contributed by atoms with Crippen molar-refractivity contribution in [1.29, 1.82) is 0 Å². The highest BCUT2D eigenvalue weighted by Crippen LogP contribution is 2.39. The number of hydrogen-bond donors (Lipinski definition) is 0. The first-order valence-corrected chi connectivity index (χ1v) is 3.25. The van der Waals surface area contributed by atoms with Crippen molar-refractivity contribution in [2.75, 3.05) is 13.7 Å². The zero-order valence-corrected chi connectivity index (χ0v) is 6.87. The third kappa shape index (κ3) is 3.52. The van der Waals surface area contributed by atoms with E-state index in [9.17, 15) is 31.1 Å². The first-order valence-electron chi connectivity index (χ1n) is 3.25. The highest BCUT2D eigenvalue weighted by Gasteiger charge is 2.60. The van der Waals surface area contributed by atoms with E-state index < -0.39 is 30.7 Å². The number of alkyl halides is 6. The van der Waals surface area contributed by atoms with Crippen molar-refractivity contribution in [3.05, 3.63) is 0 Å². The second-order valence-corrected chi connectivity index (χ2v) is 2.42. The monoisotopic (exact) mass is 224 g/mol. The Labute approximate surface area is 74.8 Å². The van der Waals surface area contributed by atoms with Crippen molar-refractivity contribution in [3.8, 4) is 0 Å². The van der Waals surface area contributed by atoms with Crippen molar-refractivity contribution in [3.63, 3.8) is 0 Å². The summed E-state index contributed by atoms with van der Waals surface area (Å²) in [5, 5.41) is 0. The Kier molecular flexibility index (Phi) is 3.92. The number of carbonyl (C=O) groups is 1. The molecule has 0 amide bonds. The molecular formula is C6H6F6O2. The van der Waals surface area contributed by atoms with Crippen LogP contribution in [0.2, 0.25) is 0 Å². The first-order chi connectivity index (χ1) is 6.10. The summed E-state index contributed by atoms with van der Waals surface area (Å²) in [6.45, 7) is -1.22. The normalized spacial score (nSPS) is 13.4. The molecule has 0 unspecified atom stereocenters. The summed E-state index contributed by atoms with van der Waals surface area (Å²) in [4.78, 5) is 10.5. The molecule has 0 saturated carbocycles. The Morgan fingerprint density at radius 3 is 1.71 bits per heavy atom. The quantitative estimate of drug-likeness (QED) is 0.685. The molecule has 14 heavy (non-hydrogen) atoms. The summed E-state index contributed by atoms with van der Waals surface area (Å²) in [5.74, 6) is -6.01. The van der Waals surface area contributed by atoms with Crippen LogP contribution < -0.4 is 0 Å². The molecule has 0 aromatic heterocycles. The Morgan fingerprint density at radius 2 is 1.50 bits per heavy atom. The van der Waals surface area contributed by atoms with Gasteiger partial charge in [0, 0.05) is 7.11 Å². The number of Topliss-reactive ketones (excluding diaryl/α,β-unsaturated/α-hetero) is 1. The van der Waals surface area contributed by atoms with Crippen LogP contribution in [0.1, 0.15) is 0 Å². The van der Waals surface area contributed by atoms with E-state index in [1.165, 1.54) is 0 Å². The van der Waals surface area contributed by atoms with E-state index in [4.69, 9.17) is 0 Å². The van der Waals surface area contributed by atoms with Crippen LogP contribution in [0.3, 0.4) is 0 Å². The average molecular weight is 224 g/mol. The standard InChI is InChI=1S/C6H6F6O2/c1-14-2-3(13)4(5(7,8)9)6(10,11)12/h4H,2H2,1H3. The van der Waals surface area contributed by atoms with Gasteiger partial charge in [0.1, 0.15) is 6.61 Å².